The second-order valence-corrected chi connectivity index (χ2v) is 16.9. The van der Waals surface area contributed by atoms with Crippen molar-refractivity contribution in [2.45, 2.75) is 87.0 Å². The quantitative estimate of drug-likeness (QED) is 0.0381. The maximum atomic E-state index is 13.1. The van der Waals surface area contributed by atoms with Crippen molar-refractivity contribution < 1.29 is 113 Å². The van der Waals surface area contributed by atoms with Crippen LogP contribution >= 0.6 is 15.2 Å². The minimum atomic E-state index is -5.13. The summed E-state index contributed by atoms with van der Waals surface area (Å²) in [5, 5.41) is 41.2. The van der Waals surface area contributed by atoms with Crippen LogP contribution in [0.3, 0.4) is 0 Å². The molecule has 0 unspecified atom stereocenters. The number of hydrogen-bond donors (Lipinski definition) is 10. The number of alkyl halides is 6. The normalized spacial score (nSPS) is 24.8. The van der Waals surface area contributed by atoms with E-state index in [0.29, 0.717) is 0 Å². The van der Waals surface area contributed by atoms with Crippen LogP contribution in [0.2, 0.25) is 0 Å². The van der Waals surface area contributed by atoms with Crippen molar-refractivity contribution in [3.8, 4) is 0 Å². The van der Waals surface area contributed by atoms with Gasteiger partial charge in [-0.15, -0.1) is 0 Å². The van der Waals surface area contributed by atoms with Crippen LogP contribution in [0.1, 0.15) is 38.0 Å². The van der Waals surface area contributed by atoms with Crippen LogP contribution in [-0.2, 0) is 59.5 Å². The maximum Gasteiger partial charge on any atom is 0.451 e. The van der Waals surface area contributed by atoms with E-state index in [1.807, 2.05) is 0 Å². The Morgan fingerprint density at radius 1 is 0.667 bits per heavy atom. The number of fused-ring (bicyclic) bond motifs is 2. The topological polar surface area (TPSA) is 425 Å². The molecule has 0 aromatic carbocycles. The van der Waals surface area contributed by atoms with E-state index in [1.165, 1.54) is 13.8 Å². The summed E-state index contributed by atoms with van der Waals surface area (Å²) in [6.07, 6.45) is -20.9. The molecule has 0 radical (unpaired) electrons. The molecule has 4 aromatic heterocycles. The Morgan fingerprint density at radius 3 is 1.29 bits per heavy atom. The van der Waals surface area contributed by atoms with E-state index in [-0.39, 0.29) is 24.2 Å². The van der Waals surface area contributed by atoms with Gasteiger partial charge in [0.15, 0.2) is 35.4 Å². The SMILES string of the molecule is CCOC(=O)[C@@H](OC[C@H]1O[C@@H](n2cnc3c(N)nc(C(F)(F)F)nc32)[C@H](O)[C@@H]1O)P(=O)(O)O.CCOC(=O)[C@H](OC[C@H]1O[C@@H](n2cnc3c(N)nc(C(F)(F)F)nc32)[C@H](O)[C@@H]1O)P(=O)(O)O. The number of nitrogens with two attached hydrogens (primary N) is 2. The first-order valence-corrected chi connectivity index (χ1v) is 21.7. The van der Waals surface area contributed by atoms with E-state index >= 15 is 0 Å². The predicted molar refractivity (Wildman–Crippen MR) is 198 cm³/mol. The van der Waals surface area contributed by atoms with Crippen LogP contribution in [0, 0.1) is 0 Å². The molecule has 0 amide bonds. The molecule has 2 fully saturated rings. The molecule has 0 saturated carbocycles. The van der Waals surface area contributed by atoms with Crippen LogP contribution in [0.5, 0.6) is 0 Å². The number of carbonyl (C=O) groups excluding carboxylic acids is 2. The number of imidazole rings is 2. The van der Waals surface area contributed by atoms with Crippen molar-refractivity contribution in [2.24, 2.45) is 0 Å². The summed E-state index contributed by atoms with van der Waals surface area (Å²) in [4.78, 5) is 81.4. The summed E-state index contributed by atoms with van der Waals surface area (Å²) in [5.74, 6) is -11.7. The Bertz CT molecular complexity index is 2320. The third-order valence-electron chi connectivity index (χ3n) is 9.05. The number of anilines is 2. The summed E-state index contributed by atoms with van der Waals surface area (Å²) in [7, 11) is -10.3. The standard InChI is InChI=1S/2C15H19F3N5O9P/c2*1-2-30-12(26)13(33(27,28)29)31-3-5-7(24)8(25)11(32-5)23-4-20-6-9(19)21-14(15(16,17)18)22-10(6)23/h2*4-5,7-8,11,13,24-25H,2-3H2,1H3,(H2,19,21,22)(H2,27,28,29)/t5-,7-,8-,11-,13+;5-,7-,8-,11-,13-/m11/s1. The number of carbonyl (C=O) groups is 2. The summed E-state index contributed by atoms with van der Waals surface area (Å²) in [5.41, 5.74) is 9.67. The van der Waals surface area contributed by atoms with E-state index in [9.17, 15) is 85.1 Å². The van der Waals surface area contributed by atoms with Crippen molar-refractivity contribution >= 4 is 61.1 Å². The maximum absolute atomic E-state index is 13.1. The number of aliphatic hydroxyl groups excluding tert-OH is 4. The number of rotatable bonds is 14. The number of aromatic nitrogens is 8. The second-order valence-electron chi connectivity index (χ2n) is 13.7. The third-order valence-corrected chi connectivity index (χ3v) is 11.0. The Kier molecular flexibility index (Phi) is 15.7. The smallest absolute Gasteiger partial charge is 0.451 e. The highest BCUT2D eigenvalue weighted by Gasteiger charge is 2.49. The highest BCUT2D eigenvalue weighted by atomic mass is 31.2. The first kappa shape index (κ1) is 52.2. The number of hydrogen-bond acceptors (Lipinski definition) is 22. The fourth-order valence-corrected chi connectivity index (χ4v) is 7.36. The zero-order valence-corrected chi connectivity index (χ0v) is 35.1. The molecular formula is C30H38F6N10O18P2. The van der Waals surface area contributed by atoms with Crippen LogP contribution in [-0.4, -0.2) is 166 Å². The van der Waals surface area contributed by atoms with E-state index in [2.05, 4.69) is 39.4 Å². The lowest BCUT2D eigenvalue weighted by Gasteiger charge is -2.21. The Balaban J connectivity index is 0.000000247. The zero-order valence-electron chi connectivity index (χ0n) is 33.3. The number of halogens is 6. The van der Waals surface area contributed by atoms with E-state index < -0.39 is 148 Å². The van der Waals surface area contributed by atoms with Gasteiger partial charge in [0.25, 0.3) is 11.7 Å². The number of esters is 2. The molecule has 0 aliphatic carbocycles. The van der Waals surface area contributed by atoms with E-state index in [1.54, 1.807) is 0 Å². The fraction of sp³-hybridized carbons (Fsp3) is 0.600. The van der Waals surface area contributed by atoms with Gasteiger partial charge in [-0.3, -0.25) is 18.3 Å². The fourth-order valence-electron chi connectivity index (χ4n) is 6.10. The van der Waals surface area contributed by atoms with Gasteiger partial charge in [0, 0.05) is 0 Å². The number of nitrogens with zero attached hydrogens (tertiary/aromatic N) is 8. The van der Waals surface area contributed by atoms with Crippen molar-refractivity contribution in [1.82, 2.24) is 39.0 Å². The number of ether oxygens (including phenoxy) is 6. The van der Waals surface area contributed by atoms with Crippen molar-refractivity contribution in [1.29, 1.82) is 0 Å². The van der Waals surface area contributed by atoms with Gasteiger partial charge in [0.2, 0.25) is 11.6 Å². The molecule has 2 saturated heterocycles. The molecule has 0 spiro atoms. The second kappa shape index (κ2) is 19.8. The van der Waals surface area contributed by atoms with Gasteiger partial charge in [0.1, 0.15) is 47.7 Å². The molecule has 6 heterocycles. The van der Waals surface area contributed by atoms with Crippen molar-refractivity contribution in [3.05, 3.63) is 24.3 Å². The third kappa shape index (κ3) is 11.3. The molecule has 28 nitrogen and oxygen atoms in total. The minimum absolute atomic E-state index is 0.194. The minimum Gasteiger partial charge on any atom is -0.464 e. The van der Waals surface area contributed by atoms with E-state index in [0.717, 1.165) is 21.8 Å². The van der Waals surface area contributed by atoms with Crippen molar-refractivity contribution in [2.75, 3.05) is 37.9 Å². The van der Waals surface area contributed by atoms with Gasteiger partial charge in [-0.2, -0.15) is 26.3 Å². The molecule has 12 N–H and O–H groups in total. The lowest BCUT2D eigenvalue weighted by atomic mass is 10.1. The van der Waals surface area contributed by atoms with Crippen LogP contribution < -0.4 is 11.5 Å². The van der Waals surface area contributed by atoms with Gasteiger partial charge in [-0.05, 0) is 13.8 Å². The first-order valence-electron chi connectivity index (χ1n) is 18.4. The molecule has 368 valence electrons. The molecule has 2 aliphatic heterocycles. The van der Waals surface area contributed by atoms with Crippen LogP contribution in [0.4, 0.5) is 38.0 Å². The highest BCUT2D eigenvalue weighted by Crippen LogP contribution is 2.45. The summed E-state index contributed by atoms with van der Waals surface area (Å²) >= 11 is 0. The van der Waals surface area contributed by atoms with E-state index in [4.69, 9.17) is 30.4 Å². The predicted octanol–water partition coefficient (Wildman–Crippen LogP) is -1.74. The summed E-state index contributed by atoms with van der Waals surface area (Å²) < 4.78 is 133. The Morgan fingerprint density at radius 2 is 1.00 bits per heavy atom. The lowest BCUT2D eigenvalue weighted by molar-refractivity contribution is -0.156. The van der Waals surface area contributed by atoms with Gasteiger partial charge in [0.05, 0.1) is 39.1 Å². The summed E-state index contributed by atoms with van der Waals surface area (Å²) in [6.45, 7) is 0.827. The monoisotopic (exact) mass is 1000 g/mol. The van der Waals surface area contributed by atoms with Crippen molar-refractivity contribution in [3.63, 3.8) is 0 Å². The first-order chi connectivity index (χ1) is 30.5. The van der Waals surface area contributed by atoms with Gasteiger partial charge >= 0.3 is 39.5 Å². The molecule has 0 bridgehead atoms. The van der Waals surface area contributed by atoms with Gasteiger partial charge in [-0.1, -0.05) is 0 Å². The van der Waals surface area contributed by atoms with Gasteiger partial charge in [-0.25, -0.2) is 39.5 Å². The highest BCUT2D eigenvalue weighted by molar-refractivity contribution is 7.53. The Hall–Kier alpha value is -4.80. The van der Waals surface area contributed by atoms with Gasteiger partial charge < -0.3 is 79.9 Å². The summed E-state index contributed by atoms with van der Waals surface area (Å²) in [6, 6.07) is 0. The average Bonchev–Trinajstić information content (AvgIpc) is 3.96. The largest absolute Gasteiger partial charge is 0.464 e. The number of aliphatic hydroxyl groups is 4. The number of nitrogen functional groups attached to an aromatic ring is 2. The molecule has 10 atom stereocenters. The molecule has 2 aliphatic rings. The molecule has 4 aromatic rings. The lowest BCUT2D eigenvalue weighted by Crippen LogP contribution is -2.36. The molecule has 6 rings (SSSR count). The average molecular weight is 1000 g/mol. The van der Waals surface area contributed by atoms with Crippen LogP contribution in [0.25, 0.3) is 22.3 Å². The zero-order chi connectivity index (χ0) is 49.4. The molecule has 66 heavy (non-hydrogen) atoms. The van der Waals surface area contributed by atoms with Crippen LogP contribution in [0.15, 0.2) is 12.7 Å². The molecule has 36 heteroatoms. The Labute approximate surface area is 362 Å². The molecular weight excluding hydrogens is 964 g/mol.